The van der Waals surface area contributed by atoms with Crippen LogP contribution >= 0.6 is 11.8 Å². The molecule has 0 radical (unpaired) electrons. The van der Waals surface area contributed by atoms with Gasteiger partial charge in [-0.25, -0.2) is 0 Å². The topological polar surface area (TPSA) is 26.0 Å². The lowest BCUT2D eigenvalue weighted by atomic mass is 10.2. The van der Waals surface area contributed by atoms with E-state index in [0.717, 1.165) is 5.69 Å². The minimum atomic E-state index is 0.616. The number of hydrogen-bond donors (Lipinski definition) is 1. The van der Waals surface area contributed by atoms with E-state index in [2.05, 4.69) is 26.8 Å². The predicted molar refractivity (Wildman–Crippen MR) is 56.6 cm³/mol. The van der Waals surface area contributed by atoms with E-state index in [4.69, 9.17) is 5.73 Å². The van der Waals surface area contributed by atoms with Crippen molar-refractivity contribution in [3.05, 3.63) is 23.8 Å². The Balaban J connectivity index is 2.90. The number of aryl methyl sites for hydroxylation is 1. The smallest absolute Gasteiger partial charge is 0.0325 e. The summed E-state index contributed by atoms with van der Waals surface area (Å²) in [6.45, 7) is 6.49. The first-order valence-corrected chi connectivity index (χ1v) is 5.00. The Hall–Kier alpha value is -0.630. The summed E-state index contributed by atoms with van der Waals surface area (Å²) in [6, 6.07) is 6.06. The van der Waals surface area contributed by atoms with Crippen molar-refractivity contribution < 1.29 is 0 Å². The van der Waals surface area contributed by atoms with Gasteiger partial charge in [0.1, 0.15) is 0 Å². The second kappa shape index (κ2) is 3.85. The first kappa shape index (κ1) is 9.46. The maximum Gasteiger partial charge on any atom is 0.0325 e. The lowest BCUT2D eigenvalue weighted by molar-refractivity contribution is 1.10. The van der Waals surface area contributed by atoms with Gasteiger partial charge in [-0.3, -0.25) is 0 Å². The second-order valence-electron chi connectivity index (χ2n) is 3.19. The van der Waals surface area contributed by atoms with Crippen LogP contribution in [0.15, 0.2) is 23.1 Å². The molecule has 1 rings (SSSR count). The van der Waals surface area contributed by atoms with Gasteiger partial charge in [-0.2, -0.15) is 0 Å². The van der Waals surface area contributed by atoms with E-state index in [1.165, 1.54) is 10.5 Å². The number of hydrogen-bond acceptors (Lipinski definition) is 2. The number of rotatable bonds is 2. The highest BCUT2D eigenvalue weighted by molar-refractivity contribution is 8.00. The summed E-state index contributed by atoms with van der Waals surface area (Å²) < 4.78 is 0. The van der Waals surface area contributed by atoms with Gasteiger partial charge >= 0.3 is 0 Å². The molecule has 0 fully saturated rings. The SMILES string of the molecule is Cc1ccc(N)cc1SC(C)C. The lowest BCUT2D eigenvalue weighted by Gasteiger charge is -2.08. The Morgan fingerprint density at radius 2 is 2.00 bits per heavy atom. The lowest BCUT2D eigenvalue weighted by Crippen LogP contribution is -1.91. The third-order valence-electron chi connectivity index (χ3n) is 1.57. The third kappa shape index (κ3) is 2.45. The summed E-state index contributed by atoms with van der Waals surface area (Å²) in [5, 5.41) is 0.616. The Morgan fingerprint density at radius 3 is 2.58 bits per heavy atom. The summed E-state index contributed by atoms with van der Waals surface area (Å²) in [6.07, 6.45) is 0. The van der Waals surface area contributed by atoms with Crippen molar-refractivity contribution in [3.8, 4) is 0 Å². The Labute approximate surface area is 78.4 Å². The van der Waals surface area contributed by atoms with Crippen molar-refractivity contribution in [2.45, 2.75) is 30.9 Å². The van der Waals surface area contributed by atoms with Crippen LogP contribution in [0.5, 0.6) is 0 Å². The molecule has 0 saturated heterocycles. The van der Waals surface area contributed by atoms with Gasteiger partial charge in [0.15, 0.2) is 0 Å². The fourth-order valence-electron chi connectivity index (χ4n) is 0.998. The Bertz CT molecular complexity index is 269. The molecule has 0 bridgehead atoms. The summed E-state index contributed by atoms with van der Waals surface area (Å²) in [4.78, 5) is 1.30. The molecular formula is C10H15NS. The van der Waals surface area contributed by atoms with Gasteiger partial charge in [0.2, 0.25) is 0 Å². The third-order valence-corrected chi connectivity index (χ3v) is 2.74. The minimum Gasteiger partial charge on any atom is -0.399 e. The van der Waals surface area contributed by atoms with Crippen molar-refractivity contribution in [2.24, 2.45) is 0 Å². The van der Waals surface area contributed by atoms with Crippen LogP contribution in [-0.2, 0) is 0 Å². The fourth-order valence-corrected chi connectivity index (χ4v) is 1.96. The van der Waals surface area contributed by atoms with Gasteiger partial charge in [0, 0.05) is 15.8 Å². The van der Waals surface area contributed by atoms with Gasteiger partial charge < -0.3 is 5.73 Å². The standard InChI is InChI=1S/C10H15NS/c1-7(2)12-10-6-9(11)5-4-8(10)3/h4-7H,11H2,1-3H3. The highest BCUT2D eigenvalue weighted by Gasteiger charge is 2.01. The molecule has 12 heavy (non-hydrogen) atoms. The molecule has 0 spiro atoms. The van der Waals surface area contributed by atoms with Gasteiger partial charge in [-0.15, -0.1) is 11.8 Å². The monoisotopic (exact) mass is 181 g/mol. The van der Waals surface area contributed by atoms with Crippen molar-refractivity contribution in [2.75, 3.05) is 5.73 Å². The largest absolute Gasteiger partial charge is 0.399 e. The van der Waals surface area contributed by atoms with Gasteiger partial charge in [-0.05, 0) is 24.6 Å². The highest BCUT2D eigenvalue weighted by Crippen LogP contribution is 2.27. The van der Waals surface area contributed by atoms with Gasteiger partial charge in [0.05, 0.1) is 0 Å². The van der Waals surface area contributed by atoms with Crippen LogP contribution in [0.1, 0.15) is 19.4 Å². The highest BCUT2D eigenvalue weighted by atomic mass is 32.2. The summed E-state index contributed by atoms with van der Waals surface area (Å²) in [5.74, 6) is 0. The van der Waals surface area contributed by atoms with Crippen LogP contribution in [-0.4, -0.2) is 5.25 Å². The molecule has 0 heterocycles. The zero-order valence-corrected chi connectivity index (χ0v) is 8.61. The Kier molecular flexibility index (Phi) is 3.04. The summed E-state index contributed by atoms with van der Waals surface area (Å²) in [7, 11) is 0. The molecule has 0 aliphatic carbocycles. The molecule has 2 N–H and O–H groups in total. The summed E-state index contributed by atoms with van der Waals surface area (Å²) in [5.41, 5.74) is 7.85. The van der Waals surface area contributed by atoms with E-state index >= 15 is 0 Å². The number of thioether (sulfide) groups is 1. The van der Waals surface area contributed by atoms with Crippen molar-refractivity contribution in [1.82, 2.24) is 0 Å². The second-order valence-corrected chi connectivity index (χ2v) is 4.81. The van der Waals surface area contributed by atoms with Gasteiger partial charge in [-0.1, -0.05) is 19.9 Å². The van der Waals surface area contributed by atoms with E-state index in [1.54, 1.807) is 0 Å². The Morgan fingerprint density at radius 1 is 1.33 bits per heavy atom. The van der Waals surface area contributed by atoms with Gasteiger partial charge in [0.25, 0.3) is 0 Å². The zero-order valence-electron chi connectivity index (χ0n) is 7.79. The van der Waals surface area contributed by atoms with E-state index in [-0.39, 0.29) is 0 Å². The van der Waals surface area contributed by atoms with E-state index in [1.807, 2.05) is 23.9 Å². The summed E-state index contributed by atoms with van der Waals surface area (Å²) >= 11 is 1.86. The maximum absolute atomic E-state index is 5.69. The molecule has 0 amide bonds. The zero-order chi connectivity index (χ0) is 9.14. The van der Waals surface area contributed by atoms with Crippen LogP contribution in [0.25, 0.3) is 0 Å². The van der Waals surface area contributed by atoms with E-state index in [0.29, 0.717) is 5.25 Å². The van der Waals surface area contributed by atoms with Crippen LogP contribution in [0.2, 0.25) is 0 Å². The van der Waals surface area contributed by atoms with Crippen LogP contribution in [0.4, 0.5) is 5.69 Å². The minimum absolute atomic E-state index is 0.616. The average Bonchev–Trinajstić information content (AvgIpc) is 1.96. The predicted octanol–water partition coefficient (Wildman–Crippen LogP) is 3.08. The van der Waals surface area contributed by atoms with E-state index < -0.39 is 0 Å². The molecule has 0 aromatic heterocycles. The van der Waals surface area contributed by atoms with Crippen LogP contribution < -0.4 is 5.73 Å². The van der Waals surface area contributed by atoms with Crippen molar-refractivity contribution >= 4 is 17.4 Å². The van der Waals surface area contributed by atoms with Crippen LogP contribution in [0, 0.1) is 6.92 Å². The first-order chi connectivity index (χ1) is 5.59. The number of anilines is 1. The molecular weight excluding hydrogens is 166 g/mol. The number of nitrogen functional groups attached to an aromatic ring is 1. The molecule has 1 aromatic rings. The molecule has 2 heteroatoms. The molecule has 0 aliphatic heterocycles. The molecule has 1 aromatic carbocycles. The molecule has 0 unspecified atom stereocenters. The van der Waals surface area contributed by atoms with E-state index in [9.17, 15) is 0 Å². The average molecular weight is 181 g/mol. The maximum atomic E-state index is 5.69. The normalized spacial score (nSPS) is 10.7. The molecule has 0 saturated carbocycles. The molecule has 66 valence electrons. The first-order valence-electron chi connectivity index (χ1n) is 4.12. The molecule has 0 atom stereocenters. The van der Waals surface area contributed by atoms with Crippen LogP contribution in [0.3, 0.4) is 0 Å². The number of benzene rings is 1. The fraction of sp³-hybridized carbons (Fsp3) is 0.400. The molecule has 0 aliphatic rings. The quantitative estimate of drug-likeness (QED) is 0.560. The molecule has 1 nitrogen and oxygen atoms in total. The van der Waals surface area contributed by atoms with Crippen molar-refractivity contribution in [1.29, 1.82) is 0 Å². The van der Waals surface area contributed by atoms with Crippen molar-refractivity contribution in [3.63, 3.8) is 0 Å². The number of nitrogens with two attached hydrogens (primary N) is 1.